The third-order valence-corrected chi connectivity index (χ3v) is 6.24. The lowest BCUT2D eigenvalue weighted by molar-refractivity contribution is 0.188. The van der Waals surface area contributed by atoms with Crippen molar-refractivity contribution in [3.63, 3.8) is 0 Å². The summed E-state index contributed by atoms with van der Waals surface area (Å²) in [5.74, 6) is -1.94. The van der Waals surface area contributed by atoms with Gasteiger partial charge in [-0.2, -0.15) is 0 Å². The predicted molar refractivity (Wildman–Crippen MR) is 93.5 cm³/mol. The van der Waals surface area contributed by atoms with Gasteiger partial charge in [0.15, 0.2) is 11.6 Å². The molecule has 2 fully saturated rings. The highest BCUT2D eigenvalue weighted by Crippen LogP contribution is 2.27. The Kier molecular flexibility index (Phi) is 7.16. The molecule has 0 aromatic heterocycles. The fraction of sp³-hybridized carbons (Fsp3) is 0.625. The molecule has 0 saturated carbocycles. The van der Waals surface area contributed by atoms with Gasteiger partial charge in [0.25, 0.3) is 0 Å². The summed E-state index contributed by atoms with van der Waals surface area (Å²) in [6.45, 7) is 2.24. The molecular formula is C16H23ClF2N2O3S. The summed E-state index contributed by atoms with van der Waals surface area (Å²) < 4.78 is 59.5. The van der Waals surface area contributed by atoms with E-state index in [2.05, 4.69) is 10.0 Å². The van der Waals surface area contributed by atoms with Crippen molar-refractivity contribution >= 4 is 22.4 Å². The first-order valence-corrected chi connectivity index (χ1v) is 9.83. The highest BCUT2D eigenvalue weighted by molar-refractivity contribution is 7.89. The van der Waals surface area contributed by atoms with E-state index in [1.807, 2.05) is 0 Å². The van der Waals surface area contributed by atoms with Crippen molar-refractivity contribution < 1.29 is 21.9 Å². The van der Waals surface area contributed by atoms with E-state index in [9.17, 15) is 17.2 Å². The van der Waals surface area contributed by atoms with Gasteiger partial charge in [0.1, 0.15) is 0 Å². The normalized spacial score (nSPS) is 27.0. The first-order chi connectivity index (χ1) is 11.4. The van der Waals surface area contributed by atoms with E-state index in [0.29, 0.717) is 38.3 Å². The molecule has 9 heteroatoms. The number of benzene rings is 1. The van der Waals surface area contributed by atoms with Crippen molar-refractivity contribution in [3.05, 3.63) is 35.4 Å². The van der Waals surface area contributed by atoms with E-state index < -0.39 is 21.7 Å². The van der Waals surface area contributed by atoms with Gasteiger partial charge in [0.2, 0.25) is 10.0 Å². The van der Waals surface area contributed by atoms with Gasteiger partial charge in [-0.25, -0.2) is 21.9 Å². The Hall–Kier alpha value is -0.800. The van der Waals surface area contributed by atoms with Crippen LogP contribution in [0.1, 0.15) is 24.3 Å². The molecule has 2 heterocycles. The molecule has 1 aromatic carbocycles. The summed E-state index contributed by atoms with van der Waals surface area (Å²) in [5, 5.41) is 3.16. The standard InChI is InChI=1S/C16H22F2N2O3S.ClH/c17-14-2-1-12(7-15(14)18)13-3-5-19-8-16(13)20-24(21,22)10-11-4-6-23-9-11;/h1-2,7,11,13,16,19-20H,3-6,8-10H2;1H. The molecule has 25 heavy (non-hydrogen) atoms. The van der Waals surface area contributed by atoms with Gasteiger partial charge in [-0.3, -0.25) is 0 Å². The lowest BCUT2D eigenvalue weighted by atomic mass is 9.86. The SMILES string of the molecule is Cl.O=S(=O)(CC1CCOC1)NC1CNCCC1c1ccc(F)c(F)c1. The fourth-order valence-corrected chi connectivity index (χ4v) is 5.12. The molecule has 1 aromatic rings. The predicted octanol–water partition coefficient (Wildman–Crippen LogP) is 1.79. The third-order valence-electron chi connectivity index (χ3n) is 4.66. The minimum absolute atomic E-state index is 0. The Balaban J connectivity index is 0.00000225. The molecule has 5 nitrogen and oxygen atoms in total. The summed E-state index contributed by atoms with van der Waals surface area (Å²) in [4.78, 5) is 0. The highest BCUT2D eigenvalue weighted by Gasteiger charge is 2.32. The number of ether oxygens (including phenoxy) is 1. The Morgan fingerprint density at radius 2 is 2.04 bits per heavy atom. The van der Waals surface area contributed by atoms with Crippen molar-refractivity contribution in [2.75, 3.05) is 32.1 Å². The summed E-state index contributed by atoms with van der Waals surface area (Å²) in [6.07, 6.45) is 1.40. The van der Waals surface area contributed by atoms with Crippen LogP contribution >= 0.6 is 12.4 Å². The minimum atomic E-state index is -3.46. The van der Waals surface area contributed by atoms with Crippen molar-refractivity contribution in [1.82, 2.24) is 10.0 Å². The number of halogens is 3. The molecular weight excluding hydrogens is 374 g/mol. The Bertz CT molecular complexity index is 684. The van der Waals surface area contributed by atoms with Gasteiger partial charge >= 0.3 is 0 Å². The fourth-order valence-electron chi connectivity index (χ4n) is 3.43. The van der Waals surface area contributed by atoms with Crippen LogP contribution in [0.25, 0.3) is 0 Å². The van der Waals surface area contributed by atoms with Gasteiger partial charge in [0, 0.05) is 25.1 Å². The van der Waals surface area contributed by atoms with Gasteiger partial charge in [-0.05, 0) is 43.0 Å². The molecule has 2 N–H and O–H groups in total. The van der Waals surface area contributed by atoms with Crippen molar-refractivity contribution in [1.29, 1.82) is 0 Å². The second-order valence-electron chi connectivity index (χ2n) is 6.51. The maximum absolute atomic E-state index is 13.5. The first-order valence-electron chi connectivity index (χ1n) is 8.18. The van der Waals surface area contributed by atoms with Crippen LogP contribution in [0, 0.1) is 17.6 Å². The molecule has 0 amide bonds. The number of piperidine rings is 1. The van der Waals surface area contributed by atoms with Crippen LogP contribution in [0.4, 0.5) is 8.78 Å². The van der Waals surface area contributed by atoms with Crippen LogP contribution in [0.3, 0.4) is 0 Å². The molecule has 3 unspecified atom stereocenters. The zero-order valence-corrected chi connectivity index (χ0v) is 15.3. The Morgan fingerprint density at radius 3 is 2.72 bits per heavy atom. The van der Waals surface area contributed by atoms with Crippen LogP contribution in [0.2, 0.25) is 0 Å². The van der Waals surface area contributed by atoms with E-state index in [1.54, 1.807) is 0 Å². The lowest BCUT2D eigenvalue weighted by Gasteiger charge is -2.33. The smallest absolute Gasteiger partial charge is 0.212 e. The highest BCUT2D eigenvalue weighted by atomic mass is 35.5. The number of sulfonamides is 1. The van der Waals surface area contributed by atoms with Gasteiger partial charge < -0.3 is 10.1 Å². The zero-order chi connectivity index (χ0) is 17.2. The van der Waals surface area contributed by atoms with Crippen LogP contribution in [-0.4, -0.2) is 46.5 Å². The van der Waals surface area contributed by atoms with Crippen molar-refractivity contribution in [2.24, 2.45) is 5.92 Å². The van der Waals surface area contributed by atoms with E-state index >= 15 is 0 Å². The van der Waals surface area contributed by atoms with Gasteiger partial charge in [-0.1, -0.05) is 6.07 Å². The monoisotopic (exact) mass is 396 g/mol. The average molecular weight is 397 g/mol. The van der Waals surface area contributed by atoms with Crippen LogP contribution in [-0.2, 0) is 14.8 Å². The number of nitrogens with one attached hydrogen (secondary N) is 2. The topological polar surface area (TPSA) is 67.4 Å². The van der Waals surface area contributed by atoms with E-state index in [0.717, 1.165) is 18.6 Å². The Morgan fingerprint density at radius 1 is 1.24 bits per heavy atom. The van der Waals surface area contributed by atoms with Crippen LogP contribution in [0.5, 0.6) is 0 Å². The molecule has 2 aliphatic rings. The molecule has 2 saturated heterocycles. The van der Waals surface area contributed by atoms with Crippen molar-refractivity contribution in [3.8, 4) is 0 Å². The summed E-state index contributed by atoms with van der Waals surface area (Å²) >= 11 is 0. The summed E-state index contributed by atoms with van der Waals surface area (Å²) in [6, 6.07) is 3.41. The molecule has 0 aliphatic carbocycles. The third kappa shape index (κ3) is 5.34. The average Bonchev–Trinajstić information content (AvgIpc) is 3.02. The second-order valence-corrected chi connectivity index (χ2v) is 8.31. The summed E-state index contributed by atoms with van der Waals surface area (Å²) in [7, 11) is -3.46. The lowest BCUT2D eigenvalue weighted by Crippen LogP contribution is -2.50. The van der Waals surface area contributed by atoms with E-state index in [-0.39, 0.29) is 36.0 Å². The van der Waals surface area contributed by atoms with Gasteiger partial charge in [-0.15, -0.1) is 12.4 Å². The summed E-state index contributed by atoms with van der Waals surface area (Å²) in [5.41, 5.74) is 0.618. The number of hydrogen-bond acceptors (Lipinski definition) is 4. The van der Waals surface area contributed by atoms with Crippen LogP contribution in [0.15, 0.2) is 18.2 Å². The molecule has 3 rings (SSSR count). The van der Waals surface area contributed by atoms with Crippen molar-refractivity contribution in [2.45, 2.75) is 24.8 Å². The largest absolute Gasteiger partial charge is 0.381 e. The Labute approximate surface area is 153 Å². The molecule has 3 atom stereocenters. The van der Waals surface area contributed by atoms with E-state index in [1.165, 1.54) is 6.07 Å². The van der Waals surface area contributed by atoms with Crippen LogP contribution < -0.4 is 10.0 Å². The molecule has 0 bridgehead atoms. The second kappa shape index (κ2) is 8.73. The maximum Gasteiger partial charge on any atom is 0.212 e. The number of hydrogen-bond donors (Lipinski definition) is 2. The minimum Gasteiger partial charge on any atom is -0.381 e. The maximum atomic E-state index is 13.5. The first kappa shape index (κ1) is 20.5. The number of rotatable bonds is 5. The van der Waals surface area contributed by atoms with E-state index in [4.69, 9.17) is 4.74 Å². The quantitative estimate of drug-likeness (QED) is 0.796. The molecule has 142 valence electrons. The molecule has 2 aliphatic heterocycles. The molecule has 0 radical (unpaired) electrons. The van der Waals surface area contributed by atoms with Gasteiger partial charge in [0.05, 0.1) is 12.4 Å². The molecule has 0 spiro atoms. The zero-order valence-electron chi connectivity index (χ0n) is 13.7.